The molecule has 1 heterocycles. The Morgan fingerprint density at radius 3 is 2.67 bits per heavy atom. The van der Waals surface area contributed by atoms with E-state index in [1.54, 1.807) is 0 Å². The molecule has 3 nitrogen and oxygen atoms in total. The molecule has 1 aromatic rings. The largest absolute Gasteiger partial charge is 0.366 e. The van der Waals surface area contributed by atoms with E-state index in [2.05, 4.69) is 4.98 Å². The zero-order chi connectivity index (χ0) is 10.7. The summed E-state index contributed by atoms with van der Waals surface area (Å²) in [5, 5.41) is 0. The molecular weight excluding hydrogens is 188 g/mol. The number of primary amides is 1. The Bertz CT molecular complexity index is 356. The maximum absolute atomic E-state index is 11.0. The molecule has 1 saturated carbocycles. The lowest BCUT2D eigenvalue weighted by molar-refractivity contribution is 0.1000. The Hall–Kier alpha value is -1.38. The molecule has 80 valence electrons. The van der Waals surface area contributed by atoms with Gasteiger partial charge in [-0.3, -0.25) is 9.78 Å². The molecule has 0 spiro atoms. The van der Waals surface area contributed by atoms with Gasteiger partial charge in [-0.1, -0.05) is 19.3 Å². The van der Waals surface area contributed by atoms with Gasteiger partial charge in [0.2, 0.25) is 5.91 Å². The first-order chi connectivity index (χ1) is 7.27. The number of carbonyl (C=O) groups is 1. The Morgan fingerprint density at radius 2 is 2.00 bits per heavy atom. The summed E-state index contributed by atoms with van der Waals surface area (Å²) >= 11 is 0. The minimum Gasteiger partial charge on any atom is -0.366 e. The predicted octanol–water partition coefficient (Wildman–Crippen LogP) is 2.23. The van der Waals surface area contributed by atoms with Gasteiger partial charge in [0.25, 0.3) is 0 Å². The Morgan fingerprint density at radius 1 is 1.27 bits per heavy atom. The number of nitrogens with zero attached hydrogens (tertiary/aromatic N) is 1. The van der Waals surface area contributed by atoms with Crippen LogP contribution in [0.1, 0.15) is 53.9 Å². The molecule has 2 N–H and O–H groups in total. The number of carbonyl (C=O) groups excluding carboxylic acids is 1. The summed E-state index contributed by atoms with van der Waals surface area (Å²) in [6, 6.07) is 1.89. The van der Waals surface area contributed by atoms with Crippen LogP contribution < -0.4 is 5.73 Å². The molecule has 0 saturated heterocycles. The standard InChI is InChI=1S/C12H16N2O/c13-12(15)11-6-10(7-14-8-11)9-4-2-1-3-5-9/h6-9H,1-5H2,(H2,13,15). The zero-order valence-corrected chi connectivity index (χ0v) is 8.78. The maximum Gasteiger partial charge on any atom is 0.250 e. The van der Waals surface area contributed by atoms with Crippen molar-refractivity contribution in [2.24, 2.45) is 5.73 Å². The Kier molecular flexibility index (Phi) is 2.99. The fourth-order valence-electron chi connectivity index (χ4n) is 2.25. The number of pyridine rings is 1. The molecule has 3 heteroatoms. The lowest BCUT2D eigenvalue weighted by atomic mass is 9.84. The lowest BCUT2D eigenvalue weighted by Gasteiger charge is -2.21. The van der Waals surface area contributed by atoms with Crippen LogP contribution in [0.25, 0.3) is 0 Å². The molecule has 15 heavy (non-hydrogen) atoms. The van der Waals surface area contributed by atoms with Gasteiger partial charge in [0.1, 0.15) is 0 Å². The zero-order valence-electron chi connectivity index (χ0n) is 8.78. The minimum atomic E-state index is -0.389. The Balaban J connectivity index is 2.19. The van der Waals surface area contributed by atoms with Crippen LogP contribution in [0.4, 0.5) is 0 Å². The first-order valence-electron chi connectivity index (χ1n) is 5.52. The molecule has 1 aliphatic carbocycles. The fourth-order valence-corrected chi connectivity index (χ4v) is 2.25. The van der Waals surface area contributed by atoms with Gasteiger partial charge in [-0.05, 0) is 30.4 Å². The van der Waals surface area contributed by atoms with E-state index in [0.717, 1.165) is 0 Å². The number of amides is 1. The summed E-state index contributed by atoms with van der Waals surface area (Å²) in [4.78, 5) is 15.1. The second-order valence-corrected chi connectivity index (χ2v) is 4.21. The van der Waals surface area contributed by atoms with Gasteiger partial charge < -0.3 is 5.73 Å². The van der Waals surface area contributed by atoms with E-state index in [9.17, 15) is 4.79 Å². The van der Waals surface area contributed by atoms with Gasteiger partial charge in [0, 0.05) is 12.4 Å². The smallest absolute Gasteiger partial charge is 0.250 e. The molecule has 2 rings (SSSR count). The summed E-state index contributed by atoms with van der Waals surface area (Å²) in [6.45, 7) is 0. The van der Waals surface area contributed by atoms with Crippen molar-refractivity contribution >= 4 is 5.91 Å². The highest BCUT2D eigenvalue weighted by Crippen LogP contribution is 2.32. The molecule has 1 amide bonds. The second-order valence-electron chi connectivity index (χ2n) is 4.21. The van der Waals surface area contributed by atoms with Gasteiger partial charge in [0.05, 0.1) is 5.56 Å². The van der Waals surface area contributed by atoms with Gasteiger partial charge in [-0.2, -0.15) is 0 Å². The highest BCUT2D eigenvalue weighted by molar-refractivity contribution is 5.92. The van der Waals surface area contributed by atoms with Crippen molar-refractivity contribution in [3.8, 4) is 0 Å². The van der Waals surface area contributed by atoms with E-state index in [1.165, 1.54) is 43.9 Å². The third-order valence-corrected chi connectivity index (χ3v) is 3.12. The normalized spacial score (nSPS) is 17.6. The average Bonchev–Trinajstić information content (AvgIpc) is 2.30. The van der Waals surface area contributed by atoms with Crippen LogP contribution in [-0.2, 0) is 0 Å². The quantitative estimate of drug-likeness (QED) is 0.803. The van der Waals surface area contributed by atoms with Crippen LogP contribution in [0.3, 0.4) is 0 Å². The molecule has 0 radical (unpaired) electrons. The van der Waals surface area contributed by atoms with Crippen LogP contribution >= 0.6 is 0 Å². The SMILES string of the molecule is NC(=O)c1cncc(C2CCCCC2)c1. The van der Waals surface area contributed by atoms with Crippen LogP contribution in [-0.4, -0.2) is 10.9 Å². The highest BCUT2D eigenvalue weighted by Gasteiger charge is 2.16. The van der Waals surface area contributed by atoms with Crippen LogP contribution in [0, 0.1) is 0 Å². The van der Waals surface area contributed by atoms with Crippen LogP contribution in [0.15, 0.2) is 18.5 Å². The Labute approximate surface area is 89.7 Å². The molecule has 1 aliphatic rings. The number of hydrogen-bond acceptors (Lipinski definition) is 2. The minimum absolute atomic E-state index is 0.389. The third kappa shape index (κ3) is 2.35. The molecule has 0 bridgehead atoms. The monoisotopic (exact) mass is 204 g/mol. The molecule has 1 aromatic heterocycles. The fraction of sp³-hybridized carbons (Fsp3) is 0.500. The van der Waals surface area contributed by atoms with E-state index in [4.69, 9.17) is 5.73 Å². The summed E-state index contributed by atoms with van der Waals surface area (Å²) in [6.07, 6.45) is 9.72. The summed E-state index contributed by atoms with van der Waals surface area (Å²) in [5.41, 5.74) is 6.93. The van der Waals surface area contributed by atoms with E-state index in [-0.39, 0.29) is 5.91 Å². The molecule has 0 atom stereocenters. The van der Waals surface area contributed by atoms with Gasteiger partial charge in [-0.25, -0.2) is 0 Å². The topological polar surface area (TPSA) is 56.0 Å². The first kappa shape index (κ1) is 10.1. The van der Waals surface area contributed by atoms with E-state index in [0.29, 0.717) is 11.5 Å². The van der Waals surface area contributed by atoms with Crippen molar-refractivity contribution < 1.29 is 4.79 Å². The summed E-state index contributed by atoms with van der Waals surface area (Å²) in [5.74, 6) is 0.186. The lowest BCUT2D eigenvalue weighted by Crippen LogP contribution is -2.13. The summed E-state index contributed by atoms with van der Waals surface area (Å²) < 4.78 is 0. The van der Waals surface area contributed by atoms with E-state index < -0.39 is 0 Å². The number of rotatable bonds is 2. The van der Waals surface area contributed by atoms with Crippen molar-refractivity contribution in [1.29, 1.82) is 0 Å². The number of hydrogen-bond donors (Lipinski definition) is 1. The summed E-state index contributed by atoms with van der Waals surface area (Å²) in [7, 11) is 0. The van der Waals surface area contributed by atoms with Crippen molar-refractivity contribution in [1.82, 2.24) is 4.98 Å². The van der Waals surface area contributed by atoms with Crippen molar-refractivity contribution in [3.63, 3.8) is 0 Å². The van der Waals surface area contributed by atoms with E-state index >= 15 is 0 Å². The first-order valence-corrected chi connectivity index (χ1v) is 5.52. The number of nitrogens with two attached hydrogens (primary N) is 1. The maximum atomic E-state index is 11.0. The highest BCUT2D eigenvalue weighted by atomic mass is 16.1. The van der Waals surface area contributed by atoms with E-state index in [1.807, 2.05) is 12.3 Å². The second kappa shape index (κ2) is 4.43. The van der Waals surface area contributed by atoms with Crippen molar-refractivity contribution in [2.75, 3.05) is 0 Å². The predicted molar refractivity (Wildman–Crippen MR) is 58.6 cm³/mol. The third-order valence-electron chi connectivity index (χ3n) is 3.12. The molecule has 1 fully saturated rings. The average molecular weight is 204 g/mol. The molecular formula is C12H16N2O. The van der Waals surface area contributed by atoms with Crippen molar-refractivity contribution in [2.45, 2.75) is 38.0 Å². The van der Waals surface area contributed by atoms with Crippen molar-refractivity contribution in [3.05, 3.63) is 29.6 Å². The van der Waals surface area contributed by atoms with Gasteiger partial charge >= 0.3 is 0 Å². The van der Waals surface area contributed by atoms with Crippen LogP contribution in [0.2, 0.25) is 0 Å². The molecule has 0 aliphatic heterocycles. The van der Waals surface area contributed by atoms with Crippen LogP contribution in [0.5, 0.6) is 0 Å². The van der Waals surface area contributed by atoms with Gasteiger partial charge in [-0.15, -0.1) is 0 Å². The number of aromatic nitrogens is 1. The molecule has 0 unspecified atom stereocenters. The molecule has 0 aromatic carbocycles. The van der Waals surface area contributed by atoms with Gasteiger partial charge in [0.15, 0.2) is 0 Å².